The third-order valence-corrected chi connectivity index (χ3v) is 4.85. The van der Waals surface area contributed by atoms with E-state index in [2.05, 4.69) is 12.2 Å². The van der Waals surface area contributed by atoms with Gasteiger partial charge in [-0.3, -0.25) is 4.79 Å². The molecule has 0 aromatic heterocycles. The Morgan fingerprint density at radius 2 is 2.10 bits per heavy atom. The average Bonchev–Trinajstić information content (AvgIpc) is 2.27. The van der Waals surface area contributed by atoms with E-state index in [1.807, 2.05) is 6.92 Å². The molecule has 0 radical (unpaired) electrons. The van der Waals surface area contributed by atoms with E-state index in [-0.39, 0.29) is 30.3 Å². The SMILES string of the molecule is CCCC(C)(N)C(=O)NCC1(C(C)CCO)CCC1.Cl. The number of aliphatic hydroxyl groups excluding tert-OH is 1. The van der Waals surface area contributed by atoms with Crippen molar-refractivity contribution in [3.63, 3.8) is 0 Å². The second-order valence-corrected chi connectivity index (χ2v) is 6.48. The first-order valence-corrected chi connectivity index (χ1v) is 7.56. The lowest BCUT2D eigenvalue weighted by atomic mass is 9.60. The van der Waals surface area contributed by atoms with Gasteiger partial charge in [-0.1, -0.05) is 26.7 Å². The van der Waals surface area contributed by atoms with Crippen LogP contribution in [-0.4, -0.2) is 29.7 Å². The first-order chi connectivity index (χ1) is 8.88. The number of carbonyl (C=O) groups excluding carboxylic acids is 1. The molecule has 5 heteroatoms. The summed E-state index contributed by atoms with van der Waals surface area (Å²) in [5.74, 6) is 0.401. The fourth-order valence-corrected chi connectivity index (χ4v) is 3.07. The van der Waals surface area contributed by atoms with Crippen LogP contribution in [0.25, 0.3) is 0 Å². The summed E-state index contributed by atoms with van der Waals surface area (Å²) < 4.78 is 0. The molecule has 4 nitrogen and oxygen atoms in total. The molecule has 120 valence electrons. The molecule has 1 fully saturated rings. The van der Waals surface area contributed by atoms with Crippen molar-refractivity contribution in [1.29, 1.82) is 0 Å². The molecule has 0 saturated heterocycles. The third-order valence-electron chi connectivity index (χ3n) is 4.85. The van der Waals surface area contributed by atoms with Gasteiger partial charge in [-0.15, -0.1) is 12.4 Å². The number of carbonyl (C=O) groups is 1. The van der Waals surface area contributed by atoms with Crippen LogP contribution in [0, 0.1) is 11.3 Å². The summed E-state index contributed by atoms with van der Waals surface area (Å²) in [5.41, 5.74) is 5.46. The molecule has 0 spiro atoms. The highest BCUT2D eigenvalue weighted by molar-refractivity contribution is 5.85. The number of hydrogen-bond donors (Lipinski definition) is 3. The number of rotatable bonds is 8. The van der Waals surface area contributed by atoms with Crippen molar-refractivity contribution in [2.75, 3.05) is 13.2 Å². The van der Waals surface area contributed by atoms with Gasteiger partial charge < -0.3 is 16.2 Å². The lowest BCUT2D eigenvalue weighted by Gasteiger charge is -2.47. The maximum absolute atomic E-state index is 12.1. The lowest BCUT2D eigenvalue weighted by molar-refractivity contribution is -0.127. The smallest absolute Gasteiger partial charge is 0.239 e. The minimum absolute atomic E-state index is 0. The Bertz CT molecular complexity index is 304. The van der Waals surface area contributed by atoms with Crippen LogP contribution >= 0.6 is 12.4 Å². The maximum Gasteiger partial charge on any atom is 0.239 e. The lowest BCUT2D eigenvalue weighted by Crippen LogP contribution is -2.55. The molecule has 4 N–H and O–H groups in total. The van der Waals surface area contributed by atoms with Crippen LogP contribution in [0.15, 0.2) is 0 Å². The Balaban J connectivity index is 0.00000361. The highest BCUT2D eigenvalue weighted by atomic mass is 35.5. The van der Waals surface area contributed by atoms with Gasteiger partial charge in [0.2, 0.25) is 5.91 Å². The van der Waals surface area contributed by atoms with Crippen molar-refractivity contribution in [2.24, 2.45) is 17.1 Å². The first-order valence-electron chi connectivity index (χ1n) is 7.56. The number of nitrogens with one attached hydrogen (secondary N) is 1. The summed E-state index contributed by atoms with van der Waals surface area (Å²) in [7, 11) is 0. The predicted molar refractivity (Wildman–Crippen MR) is 84.9 cm³/mol. The van der Waals surface area contributed by atoms with E-state index in [0.29, 0.717) is 18.9 Å². The summed E-state index contributed by atoms with van der Waals surface area (Å²) in [6.45, 7) is 6.94. The van der Waals surface area contributed by atoms with Crippen LogP contribution in [0.1, 0.15) is 59.3 Å². The van der Waals surface area contributed by atoms with E-state index < -0.39 is 5.54 Å². The van der Waals surface area contributed by atoms with Gasteiger partial charge in [-0.05, 0) is 43.9 Å². The van der Waals surface area contributed by atoms with Crippen LogP contribution in [0.4, 0.5) is 0 Å². The Morgan fingerprint density at radius 1 is 1.50 bits per heavy atom. The zero-order chi connectivity index (χ0) is 14.5. The third kappa shape index (κ3) is 4.61. The molecule has 1 aliphatic carbocycles. The van der Waals surface area contributed by atoms with Crippen molar-refractivity contribution < 1.29 is 9.90 Å². The van der Waals surface area contributed by atoms with Crippen molar-refractivity contribution in [3.8, 4) is 0 Å². The molecule has 0 aromatic rings. The van der Waals surface area contributed by atoms with E-state index >= 15 is 0 Å². The highest BCUT2D eigenvalue weighted by Crippen LogP contribution is 2.47. The van der Waals surface area contributed by atoms with Crippen molar-refractivity contribution >= 4 is 18.3 Å². The van der Waals surface area contributed by atoms with Crippen molar-refractivity contribution in [1.82, 2.24) is 5.32 Å². The van der Waals surface area contributed by atoms with E-state index in [0.717, 1.165) is 25.7 Å². The molecule has 0 heterocycles. The second kappa shape index (κ2) is 8.20. The zero-order valence-corrected chi connectivity index (χ0v) is 13.9. The zero-order valence-electron chi connectivity index (χ0n) is 13.1. The fraction of sp³-hybridized carbons (Fsp3) is 0.933. The van der Waals surface area contributed by atoms with E-state index in [9.17, 15) is 4.79 Å². The molecule has 2 atom stereocenters. The van der Waals surface area contributed by atoms with Crippen LogP contribution in [0.3, 0.4) is 0 Å². The second-order valence-electron chi connectivity index (χ2n) is 6.48. The van der Waals surface area contributed by atoms with Gasteiger partial charge in [-0.2, -0.15) is 0 Å². The first kappa shape index (κ1) is 19.7. The highest BCUT2D eigenvalue weighted by Gasteiger charge is 2.42. The summed E-state index contributed by atoms with van der Waals surface area (Å²) in [6.07, 6.45) is 5.93. The Hall–Kier alpha value is -0.320. The molecule has 2 unspecified atom stereocenters. The van der Waals surface area contributed by atoms with Gasteiger partial charge in [0.1, 0.15) is 0 Å². The van der Waals surface area contributed by atoms with Crippen LogP contribution < -0.4 is 11.1 Å². The number of hydrogen-bond acceptors (Lipinski definition) is 3. The number of halogens is 1. The quantitative estimate of drug-likeness (QED) is 0.643. The minimum atomic E-state index is -0.764. The summed E-state index contributed by atoms with van der Waals surface area (Å²) >= 11 is 0. The Labute approximate surface area is 129 Å². The van der Waals surface area contributed by atoms with Crippen LogP contribution in [0.2, 0.25) is 0 Å². The molecular formula is C15H31ClN2O2. The van der Waals surface area contributed by atoms with Crippen molar-refractivity contribution in [2.45, 2.75) is 64.8 Å². The van der Waals surface area contributed by atoms with E-state index in [4.69, 9.17) is 10.8 Å². The van der Waals surface area contributed by atoms with Gasteiger partial charge in [0, 0.05) is 13.2 Å². The minimum Gasteiger partial charge on any atom is -0.396 e. The average molecular weight is 307 g/mol. The fourth-order valence-electron chi connectivity index (χ4n) is 3.07. The normalized spacial score (nSPS) is 21.1. The van der Waals surface area contributed by atoms with Gasteiger partial charge in [0.05, 0.1) is 5.54 Å². The van der Waals surface area contributed by atoms with E-state index in [1.54, 1.807) is 6.92 Å². The molecule has 1 aliphatic rings. The Morgan fingerprint density at radius 3 is 2.50 bits per heavy atom. The predicted octanol–water partition coefficient (Wildman–Crippen LogP) is 2.23. The molecule has 1 saturated carbocycles. The van der Waals surface area contributed by atoms with Crippen LogP contribution in [-0.2, 0) is 4.79 Å². The number of aliphatic hydroxyl groups is 1. The summed E-state index contributed by atoms with van der Waals surface area (Å²) in [4.78, 5) is 12.1. The molecule has 20 heavy (non-hydrogen) atoms. The Kier molecular flexibility index (Phi) is 8.07. The maximum atomic E-state index is 12.1. The van der Waals surface area contributed by atoms with E-state index in [1.165, 1.54) is 6.42 Å². The van der Waals surface area contributed by atoms with Gasteiger partial charge >= 0.3 is 0 Å². The summed E-state index contributed by atoms with van der Waals surface area (Å²) in [6, 6.07) is 0. The van der Waals surface area contributed by atoms with Gasteiger partial charge in [0.25, 0.3) is 0 Å². The van der Waals surface area contributed by atoms with Gasteiger partial charge in [0.15, 0.2) is 0 Å². The molecule has 1 rings (SSSR count). The largest absolute Gasteiger partial charge is 0.396 e. The molecular weight excluding hydrogens is 276 g/mol. The number of nitrogens with two attached hydrogens (primary N) is 1. The summed E-state index contributed by atoms with van der Waals surface area (Å²) in [5, 5.41) is 12.1. The van der Waals surface area contributed by atoms with Crippen molar-refractivity contribution in [3.05, 3.63) is 0 Å². The molecule has 1 amide bonds. The monoisotopic (exact) mass is 306 g/mol. The van der Waals surface area contributed by atoms with Gasteiger partial charge in [-0.25, -0.2) is 0 Å². The van der Waals surface area contributed by atoms with Crippen LogP contribution in [0.5, 0.6) is 0 Å². The standard InChI is InChI=1S/C15H30N2O2.ClH/c1-4-7-14(3,16)13(19)17-11-15(8-5-9-15)12(2)6-10-18;/h12,18H,4-11,16H2,1-3H3,(H,17,19);1H. The topological polar surface area (TPSA) is 75.4 Å². The molecule has 0 aliphatic heterocycles. The molecule has 0 bridgehead atoms. The number of amides is 1. The molecule has 0 aromatic carbocycles.